The van der Waals surface area contributed by atoms with Crippen LogP contribution in [0.3, 0.4) is 0 Å². The maximum absolute atomic E-state index is 12.4. The first kappa shape index (κ1) is 16.8. The summed E-state index contributed by atoms with van der Waals surface area (Å²) in [6, 6.07) is 1.96. The van der Waals surface area contributed by atoms with E-state index in [1.165, 1.54) is 6.42 Å². The Morgan fingerprint density at radius 1 is 1.27 bits per heavy atom. The molecular formula is C16H20F3NO2. The zero-order chi connectivity index (χ0) is 16.2. The van der Waals surface area contributed by atoms with E-state index >= 15 is 0 Å². The number of pyridine rings is 1. The van der Waals surface area contributed by atoms with Crippen molar-refractivity contribution in [2.75, 3.05) is 0 Å². The van der Waals surface area contributed by atoms with Crippen LogP contribution in [0.25, 0.3) is 0 Å². The molecule has 0 bridgehead atoms. The predicted molar refractivity (Wildman–Crippen MR) is 75.2 cm³/mol. The van der Waals surface area contributed by atoms with E-state index in [0.717, 1.165) is 50.4 Å². The van der Waals surface area contributed by atoms with Gasteiger partial charge in [-0.1, -0.05) is 19.8 Å². The highest BCUT2D eigenvalue weighted by molar-refractivity contribution is 5.75. The molecule has 6 heteroatoms. The Kier molecular flexibility index (Phi) is 5.42. The Bertz CT molecular complexity index is 491. The molecule has 122 valence electrons. The third-order valence-electron chi connectivity index (χ3n) is 4.12. The van der Waals surface area contributed by atoms with E-state index in [0.29, 0.717) is 5.92 Å². The summed E-state index contributed by atoms with van der Waals surface area (Å²) in [7, 11) is 0. The van der Waals surface area contributed by atoms with Crippen molar-refractivity contribution in [2.24, 2.45) is 11.8 Å². The van der Waals surface area contributed by atoms with Crippen LogP contribution in [0.2, 0.25) is 0 Å². The molecule has 1 aromatic rings. The number of hydrogen-bond donors (Lipinski definition) is 0. The third-order valence-corrected chi connectivity index (χ3v) is 4.12. The molecule has 1 aliphatic carbocycles. The Balaban J connectivity index is 1.87. The largest absolute Gasteiger partial charge is 0.433 e. The van der Waals surface area contributed by atoms with Gasteiger partial charge in [0.15, 0.2) is 0 Å². The molecule has 0 saturated heterocycles. The number of nitrogens with zero attached hydrogens (tertiary/aromatic N) is 1. The number of halogens is 3. The summed E-state index contributed by atoms with van der Waals surface area (Å²) < 4.78 is 42.4. The standard InChI is InChI=1S/C16H20F3NO2/c1-2-3-11-4-6-12(7-5-11)15(21)22-13-8-9-14(20-10-13)16(17,18)19/h8-12H,2-7H2,1H3. The molecule has 0 aliphatic heterocycles. The van der Waals surface area contributed by atoms with E-state index in [-0.39, 0.29) is 17.6 Å². The molecule has 1 fully saturated rings. The lowest BCUT2D eigenvalue weighted by Gasteiger charge is -2.26. The number of carbonyl (C=O) groups is 1. The zero-order valence-electron chi connectivity index (χ0n) is 12.5. The number of carbonyl (C=O) groups excluding carboxylic acids is 1. The summed E-state index contributed by atoms with van der Waals surface area (Å²) in [5.74, 6) is 0.224. The predicted octanol–water partition coefficient (Wildman–Crippen LogP) is 4.61. The average Bonchev–Trinajstić information content (AvgIpc) is 2.48. The topological polar surface area (TPSA) is 39.2 Å². The lowest BCUT2D eigenvalue weighted by atomic mass is 9.80. The molecule has 0 aromatic carbocycles. The van der Waals surface area contributed by atoms with Gasteiger partial charge in [0.25, 0.3) is 0 Å². The molecule has 0 amide bonds. The summed E-state index contributed by atoms with van der Waals surface area (Å²) in [5.41, 5.74) is -0.993. The first-order chi connectivity index (χ1) is 10.4. The van der Waals surface area contributed by atoms with Crippen LogP contribution in [0.4, 0.5) is 13.2 Å². The van der Waals surface area contributed by atoms with Gasteiger partial charge >= 0.3 is 12.1 Å². The number of aromatic nitrogens is 1. The zero-order valence-corrected chi connectivity index (χ0v) is 12.5. The van der Waals surface area contributed by atoms with Crippen molar-refractivity contribution >= 4 is 5.97 Å². The fourth-order valence-electron chi connectivity index (χ4n) is 2.90. The average molecular weight is 315 g/mol. The lowest BCUT2D eigenvalue weighted by molar-refractivity contribution is -0.141. The van der Waals surface area contributed by atoms with E-state index in [1.807, 2.05) is 0 Å². The fourth-order valence-corrected chi connectivity index (χ4v) is 2.90. The Labute approximate surface area is 127 Å². The second-order valence-corrected chi connectivity index (χ2v) is 5.80. The van der Waals surface area contributed by atoms with Crippen molar-refractivity contribution in [2.45, 2.75) is 51.6 Å². The molecule has 0 atom stereocenters. The van der Waals surface area contributed by atoms with Gasteiger partial charge in [-0.25, -0.2) is 4.98 Å². The fraction of sp³-hybridized carbons (Fsp3) is 0.625. The number of hydrogen-bond acceptors (Lipinski definition) is 3. The first-order valence-corrected chi connectivity index (χ1v) is 7.65. The summed E-state index contributed by atoms with van der Waals surface area (Å²) >= 11 is 0. The van der Waals surface area contributed by atoms with Crippen LogP contribution in [0.5, 0.6) is 5.75 Å². The summed E-state index contributed by atoms with van der Waals surface area (Å²) in [6.07, 6.45) is 2.40. The van der Waals surface area contributed by atoms with Gasteiger partial charge in [0, 0.05) is 0 Å². The minimum absolute atomic E-state index is 0.0636. The second kappa shape index (κ2) is 7.11. The SMILES string of the molecule is CCCC1CCC(C(=O)Oc2ccc(C(F)(F)F)nc2)CC1. The molecule has 0 spiro atoms. The van der Waals surface area contributed by atoms with E-state index in [9.17, 15) is 18.0 Å². The van der Waals surface area contributed by atoms with Crippen LogP contribution in [-0.2, 0) is 11.0 Å². The van der Waals surface area contributed by atoms with E-state index in [2.05, 4.69) is 11.9 Å². The van der Waals surface area contributed by atoms with Gasteiger partial charge in [0.1, 0.15) is 11.4 Å². The van der Waals surface area contributed by atoms with Gasteiger partial charge in [0.05, 0.1) is 12.1 Å². The van der Waals surface area contributed by atoms with Gasteiger partial charge in [-0.3, -0.25) is 4.79 Å². The van der Waals surface area contributed by atoms with E-state index < -0.39 is 11.9 Å². The monoisotopic (exact) mass is 315 g/mol. The molecule has 1 aliphatic rings. The van der Waals surface area contributed by atoms with E-state index in [4.69, 9.17) is 4.74 Å². The summed E-state index contributed by atoms with van der Waals surface area (Å²) in [4.78, 5) is 15.3. The van der Waals surface area contributed by atoms with Gasteiger partial charge in [-0.15, -0.1) is 0 Å². The smallest absolute Gasteiger partial charge is 0.425 e. The molecule has 3 nitrogen and oxygen atoms in total. The molecular weight excluding hydrogens is 295 g/mol. The van der Waals surface area contributed by atoms with Crippen molar-refractivity contribution in [1.82, 2.24) is 4.98 Å². The van der Waals surface area contributed by atoms with Gasteiger partial charge in [-0.2, -0.15) is 13.2 Å². The van der Waals surface area contributed by atoms with Gasteiger partial charge in [-0.05, 0) is 43.7 Å². The van der Waals surface area contributed by atoms with Crippen LogP contribution < -0.4 is 4.74 Å². The van der Waals surface area contributed by atoms with Crippen LogP contribution in [-0.4, -0.2) is 11.0 Å². The van der Waals surface area contributed by atoms with Crippen molar-refractivity contribution in [3.8, 4) is 5.75 Å². The van der Waals surface area contributed by atoms with Crippen LogP contribution in [0.1, 0.15) is 51.1 Å². The first-order valence-electron chi connectivity index (χ1n) is 7.65. The van der Waals surface area contributed by atoms with Crippen LogP contribution in [0, 0.1) is 11.8 Å². The number of esters is 1. The van der Waals surface area contributed by atoms with Crippen molar-refractivity contribution in [3.05, 3.63) is 24.0 Å². The van der Waals surface area contributed by atoms with Crippen molar-refractivity contribution in [3.63, 3.8) is 0 Å². The van der Waals surface area contributed by atoms with Crippen molar-refractivity contribution < 1.29 is 22.7 Å². The molecule has 1 heterocycles. The number of rotatable bonds is 4. The summed E-state index contributed by atoms with van der Waals surface area (Å²) in [6.45, 7) is 2.15. The highest BCUT2D eigenvalue weighted by Crippen LogP contribution is 2.33. The Morgan fingerprint density at radius 2 is 1.95 bits per heavy atom. The third kappa shape index (κ3) is 4.45. The molecule has 1 aromatic heterocycles. The number of ether oxygens (including phenoxy) is 1. The molecule has 0 unspecified atom stereocenters. The van der Waals surface area contributed by atoms with Gasteiger partial charge in [0.2, 0.25) is 0 Å². The van der Waals surface area contributed by atoms with Gasteiger partial charge < -0.3 is 4.74 Å². The van der Waals surface area contributed by atoms with Crippen molar-refractivity contribution in [1.29, 1.82) is 0 Å². The highest BCUT2D eigenvalue weighted by atomic mass is 19.4. The molecule has 22 heavy (non-hydrogen) atoms. The Morgan fingerprint density at radius 3 is 2.45 bits per heavy atom. The number of alkyl halides is 3. The Hall–Kier alpha value is -1.59. The molecule has 2 rings (SSSR count). The molecule has 0 N–H and O–H groups in total. The maximum atomic E-state index is 12.4. The maximum Gasteiger partial charge on any atom is 0.433 e. The molecule has 1 saturated carbocycles. The van der Waals surface area contributed by atoms with E-state index in [1.54, 1.807) is 0 Å². The van der Waals surface area contributed by atoms with Crippen LogP contribution >= 0.6 is 0 Å². The summed E-state index contributed by atoms with van der Waals surface area (Å²) in [5, 5.41) is 0. The minimum atomic E-state index is -4.49. The quantitative estimate of drug-likeness (QED) is 0.762. The second-order valence-electron chi connectivity index (χ2n) is 5.80. The molecule has 0 radical (unpaired) electrons. The van der Waals surface area contributed by atoms with Crippen LogP contribution in [0.15, 0.2) is 18.3 Å². The lowest BCUT2D eigenvalue weighted by Crippen LogP contribution is -2.25. The normalized spacial score (nSPS) is 22.4. The highest BCUT2D eigenvalue weighted by Gasteiger charge is 2.32. The minimum Gasteiger partial charge on any atom is -0.425 e.